The van der Waals surface area contributed by atoms with Crippen LogP contribution in [0, 0.1) is 6.92 Å². The molecule has 0 atom stereocenters. The van der Waals surface area contributed by atoms with Gasteiger partial charge in [-0.1, -0.05) is 18.2 Å². The number of pyridine rings is 1. The first-order valence-electron chi connectivity index (χ1n) is 4.35. The number of aromatic nitrogens is 1. The van der Waals surface area contributed by atoms with Gasteiger partial charge in [0.05, 0.1) is 5.52 Å². The lowest BCUT2D eigenvalue weighted by atomic mass is 10.1. The second kappa shape index (κ2) is 3.05. The highest BCUT2D eigenvalue weighted by Gasteiger charge is 1.98. The summed E-state index contributed by atoms with van der Waals surface area (Å²) in [6.07, 6.45) is 0. The first-order chi connectivity index (χ1) is 6.31. The van der Waals surface area contributed by atoms with Crippen molar-refractivity contribution in [2.24, 2.45) is 0 Å². The Bertz CT molecular complexity index is 435. The third-order valence-electron chi connectivity index (χ3n) is 2.18. The topological polar surface area (TPSA) is 24.9 Å². The molecule has 0 bridgehead atoms. The zero-order valence-corrected chi connectivity index (χ0v) is 7.83. The van der Waals surface area contributed by atoms with Crippen LogP contribution in [0.25, 0.3) is 10.9 Å². The molecule has 1 aromatic heterocycles. The van der Waals surface area contributed by atoms with E-state index < -0.39 is 0 Å². The van der Waals surface area contributed by atoms with Crippen LogP contribution in [-0.2, 0) is 0 Å². The molecule has 13 heavy (non-hydrogen) atoms. The van der Waals surface area contributed by atoms with Crippen LogP contribution in [0.5, 0.6) is 0 Å². The molecule has 2 heteroatoms. The zero-order chi connectivity index (χ0) is 9.26. The minimum atomic E-state index is 0.918. The first-order valence-corrected chi connectivity index (χ1v) is 4.35. The van der Waals surface area contributed by atoms with Gasteiger partial charge in [-0.15, -0.1) is 0 Å². The molecule has 1 aromatic carbocycles. The molecule has 0 saturated carbocycles. The second-order valence-electron chi connectivity index (χ2n) is 3.09. The van der Waals surface area contributed by atoms with E-state index in [4.69, 9.17) is 0 Å². The van der Waals surface area contributed by atoms with Crippen LogP contribution >= 0.6 is 0 Å². The summed E-state index contributed by atoms with van der Waals surface area (Å²) in [5.74, 6) is 0.918. The van der Waals surface area contributed by atoms with Gasteiger partial charge in [0, 0.05) is 12.4 Å². The Morgan fingerprint density at radius 1 is 1.15 bits per heavy atom. The number of aryl methyl sites for hydroxylation is 1. The van der Waals surface area contributed by atoms with Crippen LogP contribution in [0.3, 0.4) is 0 Å². The summed E-state index contributed by atoms with van der Waals surface area (Å²) in [6.45, 7) is 2.08. The SMILES string of the molecule is CNc1ccc2cccc(C)c2n1. The highest BCUT2D eigenvalue weighted by atomic mass is 15.0. The minimum absolute atomic E-state index is 0.918. The fraction of sp³-hybridized carbons (Fsp3) is 0.182. The predicted molar refractivity (Wildman–Crippen MR) is 56.0 cm³/mol. The normalized spacial score (nSPS) is 10.3. The van der Waals surface area contributed by atoms with Gasteiger partial charge in [-0.25, -0.2) is 4.98 Å². The Kier molecular flexibility index (Phi) is 1.89. The van der Waals surface area contributed by atoms with E-state index in [1.807, 2.05) is 13.1 Å². The van der Waals surface area contributed by atoms with Crippen molar-refractivity contribution in [2.45, 2.75) is 6.92 Å². The minimum Gasteiger partial charge on any atom is -0.373 e. The van der Waals surface area contributed by atoms with Gasteiger partial charge in [0.25, 0.3) is 0 Å². The lowest BCUT2D eigenvalue weighted by Crippen LogP contribution is -1.92. The van der Waals surface area contributed by atoms with Crippen molar-refractivity contribution in [1.29, 1.82) is 0 Å². The first kappa shape index (κ1) is 8.05. The van der Waals surface area contributed by atoms with Gasteiger partial charge in [-0.3, -0.25) is 0 Å². The molecule has 66 valence electrons. The summed E-state index contributed by atoms with van der Waals surface area (Å²) < 4.78 is 0. The number of benzene rings is 1. The lowest BCUT2D eigenvalue weighted by Gasteiger charge is -2.03. The van der Waals surface area contributed by atoms with Crippen LogP contribution in [0.1, 0.15) is 5.56 Å². The van der Waals surface area contributed by atoms with E-state index >= 15 is 0 Å². The van der Waals surface area contributed by atoms with Crippen molar-refractivity contribution in [3.8, 4) is 0 Å². The summed E-state index contributed by atoms with van der Waals surface area (Å²) in [7, 11) is 1.88. The molecule has 2 nitrogen and oxygen atoms in total. The highest BCUT2D eigenvalue weighted by Crippen LogP contribution is 2.17. The molecule has 0 aliphatic carbocycles. The molecule has 0 amide bonds. The number of nitrogens with zero attached hydrogens (tertiary/aromatic N) is 1. The Hall–Kier alpha value is -1.57. The maximum Gasteiger partial charge on any atom is 0.126 e. The molecule has 0 fully saturated rings. The van der Waals surface area contributed by atoms with Gasteiger partial charge >= 0.3 is 0 Å². The van der Waals surface area contributed by atoms with E-state index in [9.17, 15) is 0 Å². The van der Waals surface area contributed by atoms with Gasteiger partial charge in [-0.05, 0) is 24.6 Å². The van der Waals surface area contributed by atoms with E-state index in [1.165, 1.54) is 10.9 Å². The maximum absolute atomic E-state index is 4.48. The van der Waals surface area contributed by atoms with Crippen molar-refractivity contribution in [1.82, 2.24) is 4.98 Å². The average Bonchev–Trinajstić information content (AvgIpc) is 2.18. The van der Waals surface area contributed by atoms with Crippen LogP contribution in [-0.4, -0.2) is 12.0 Å². The monoisotopic (exact) mass is 172 g/mol. The van der Waals surface area contributed by atoms with E-state index in [2.05, 4.69) is 41.5 Å². The average molecular weight is 172 g/mol. The predicted octanol–water partition coefficient (Wildman–Crippen LogP) is 2.58. The molecule has 0 aliphatic rings. The van der Waals surface area contributed by atoms with Crippen LogP contribution in [0.15, 0.2) is 30.3 Å². The van der Waals surface area contributed by atoms with Crippen molar-refractivity contribution in [2.75, 3.05) is 12.4 Å². The lowest BCUT2D eigenvalue weighted by molar-refractivity contribution is 1.32. The van der Waals surface area contributed by atoms with Gasteiger partial charge in [0.15, 0.2) is 0 Å². The smallest absolute Gasteiger partial charge is 0.126 e. The third-order valence-corrected chi connectivity index (χ3v) is 2.18. The van der Waals surface area contributed by atoms with Crippen molar-refractivity contribution in [3.63, 3.8) is 0 Å². The Balaban J connectivity index is 2.74. The fourth-order valence-corrected chi connectivity index (χ4v) is 1.43. The quantitative estimate of drug-likeness (QED) is 0.715. The number of hydrogen-bond donors (Lipinski definition) is 1. The summed E-state index contributed by atoms with van der Waals surface area (Å²) in [5.41, 5.74) is 2.30. The van der Waals surface area contributed by atoms with Crippen molar-refractivity contribution in [3.05, 3.63) is 35.9 Å². The van der Waals surface area contributed by atoms with Crippen LogP contribution in [0.4, 0.5) is 5.82 Å². The molecule has 1 N–H and O–H groups in total. The van der Waals surface area contributed by atoms with Gasteiger partial charge in [0.1, 0.15) is 5.82 Å². The van der Waals surface area contributed by atoms with E-state index in [1.54, 1.807) is 0 Å². The molecule has 0 unspecified atom stereocenters. The van der Waals surface area contributed by atoms with Crippen LogP contribution < -0.4 is 5.32 Å². The summed E-state index contributed by atoms with van der Waals surface area (Å²) in [6, 6.07) is 10.3. The molecule has 0 aliphatic heterocycles. The summed E-state index contributed by atoms with van der Waals surface area (Å²) in [4.78, 5) is 4.48. The fourth-order valence-electron chi connectivity index (χ4n) is 1.43. The Morgan fingerprint density at radius 2 is 2.00 bits per heavy atom. The molecule has 2 aromatic rings. The summed E-state index contributed by atoms with van der Waals surface area (Å²) in [5, 5.41) is 4.23. The summed E-state index contributed by atoms with van der Waals surface area (Å²) >= 11 is 0. The standard InChI is InChI=1S/C11H12N2/c1-8-4-3-5-9-6-7-10(12-2)13-11(8)9/h3-7H,1-2H3,(H,12,13). The molecular formula is C11H12N2. The number of rotatable bonds is 1. The second-order valence-corrected chi connectivity index (χ2v) is 3.09. The maximum atomic E-state index is 4.48. The van der Waals surface area contributed by atoms with Gasteiger partial charge in [-0.2, -0.15) is 0 Å². The van der Waals surface area contributed by atoms with Gasteiger partial charge < -0.3 is 5.32 Å². The Morgan fingerprint density at radius 3 is 2.77 bits per heavy atom. The number of fused-ring (bicyclic) bond motifs is 1. The molecule has 2 rings (SSSR count). The molecule has 1 heterocycles. The van der Waals surface area contributed by atoms with Crippen molar-refractivity contribution >= 4 is 16.7 Å². The van der Waals surface area contributed by atoms with E-state index in [0.717, 1.165) is 11.3 Å². The molecule has 0 radical (unpaired) electrons. The molecule has 0 saturated heterocycles. The van der Waals surface area contributed by atoms with E-state index in [0.29, 0.717) is 0 Å². The number of anilines is 1. The molecule has 0 spiro atoms. The number of para-hydroxylation sites is 1. The molecular weight excluding hydrogens is 160 g/mol. The number of nitrogens with one attached hydrogen (secondary N) is 1. The van der Waals surface area contributed by atoms with E-state index in [-0.39, 0.29) is 0 Å². The number of hydrogen-bond acceptors (Lipinski definition) is 2. The zero-order valence-electron chi connectivity index (χ0n) is 7.83. The van der Waals surface area contributed by atoms with Gasteiger partial charge in [0.2, 0.25) is 0 Å². The third kappa shape index (κ3) is 1.35. The van der Waals surface area contributed by atoms with Crippen LogP contribution in [0.2, 0.25) is 0 Å². The highest BCUT2D eigenvalue weighted by molar-refractivity contribution is 5.83. The van der Waals surface area contributed by atoms with Crippen molar-refractivity contribution < 1.29 is 0 Å². The Labute approximate surface area is 77.6 Å². The largest absolute Gasteiger partial charge is 0.373 e.